The summed E-state index contributed by atoms with van der Waals surface area (Å²) >= 11 is 0. The van der Waals surface area contributed by atoms with Crippen LogP contribution in [0.25, 0.3) is 0 Å². The summed E-state index contributed by atoms with van der Waals surface area (Å²) < 4.78 is 23.9. The van der Waals surface area contributed by atoms with Gasteiger partial charge in [0.2, 0.25) is 16.0 Å². The number of nitrogens with zero attached hydrogens (tertiary/aromatic N) is 3. The Morgan fingerprint density at radius 1 is 1.35 bits per heavy atom. The second kappa shape index (κ2) is 5.01. The molecule has 1 heterocycles. The standard InChI is InChI=1S/C7H11N5O4S/c1-4-9-5(3-8-17(2,15)16)11-6(10-4)12-7(13)14/h8H,3H2,1-2H3,(H,13,14)(H,9,10,11,12). The monoisotopic (exact) mass is 261 g/mol. The zero-order chi connectivity index (χ0) is 13.1. The van der Waals surface area contributed by atoms with Crippen LogP contribution in [-0.2, 0) is 16.6 Å². The maximum atomic E-state index is 10.9. The predicted molar refractivity (Wildman–Crippen MR) is 57.9 cm³/mol. The molecule has 0 aliphatic rings. The van der Waals surface area contributed by atoms with Crippen LogP contribution in [0.5, 0.6) is 0 Å². The second-order valence-corrected chi connectivity index (χ2v) is 4.98. The van der Waals surface area contributed by atoms with Crippen LogP contribution in [0.3, 0.4) is 0 Å². The lowest BCUT2D eigenvalue weighted by Gasteiger charge is -2.04. The van der Waals surface area contributed by atoms with E-state index in [9.17, 15) is 13.2 Å². The molecule has 1 aromatic rings. The van der Waals surface area contributed by atoms with Gasteiger partial charge in [-0.3, -0.25) is 5.32 Å². The van der Waals surface area contributed by atoms with Gasteiger partial charge in [-0.25, -0.2) is 22.9 Å². The van der Waals surface area contributed by atoms with Crippen molar-refractivity contribution < 1.29 is 18.3 Å². The maximum Gasteiger partial charge on any atom is 0.411 e. The van der Waals surface area contributed by atoms with Crippen LogP contribution >= 0.6 is 0 Å². The Kier molecular flexibility index (Phi) is 3.91. The molecule has 0 atom stereocenters. The van der Waals surface area contributed by atoms with Gasteiger partial charge in [-0.2, -0.15) is 9.97 Å². The number of rotatable bonds is 4. The van der Waals surface area contributed by atoms with Crippen molar-refractivity contribution in [2.24, 2.45) is 0 Å². The van der Waals surface area contributed by atoms with E-state index in [1.165, 1.54) is 0 Å². The van der Waals surface area contributed by atoms with Gasteiger partial charge in [0.25, 0.3) is 0 Å². The zero-order valence-electron chi connectivity index (χ0n) is 9.13. The van der Waals surface area contributed by atoms with Gasteiger partial charge in [0, 0.05) is 0 Å². The quantitative estimate of drug-likeness (QED) is 0.653. The molecule has 0 aromatic carbocycles. The first-order valence-electron chi connectivity index (χ1n) is 4.42. The molecule has 0 aliphatic heterocycles. The number of sulfonamides is 1. The van der Waals surface area contributed by atoms with Crippen molar-refractivity contribution in [2.45, 2.75) is 13.5 Å². The first-order chi connectivity index (χ1) is 7.76. The Balaban J connectivity index is 2.86. The van der Waals surface area contributed by atoms with Gasteiger partial charge < -0.3 is 5.11 Å². The van der Waals surface area contributed by atoms with E-state index < -0.39 is 16.1 Å². The fourth-order valence-corrected chi connectivity index (χ4v) is 1.35. The van der Waals surface area contributed by atoms with Gasteiger partial charge in [0.15, 0.2) is 0 Å². The third-order valence-corrected chi connectivity index (χ3v) is 2.17. The Morgan fingerprint density at radius 2 is 2.00 bits per heavy atom. The normalized spacial score (nSPS) is 11.2. The molecule has 0 radical (unpaired) electrons. The summed E-state index contributed by atoms with van der Waals surface area (Å²) in [6.07, 6.45) is -0.310. The third kappa shape index (κ3) is 5.17. The lowest BCUT2D eigenvalue weighted by atomic mass is 10.5. The average molecular weight is 261 g/mol. The number of amides is 1. The van der Waals surface area contributed by atoms with Gasteiger partial charge in [-0.05, 0) is 6.92 Å². The van der Waals surface area contributed by atoms with Gasteiger partial charge in [-0.15, -0.1) is 0 Å². The summed E-state index contributed by atoms with van der Waals surface area (Å²) in [5, 5.41) is 10.4. The van der Waals surface area contributed by atoms with E-state index >= 15 is 0 Å². The smallest absolute Gasteiger partial charge is 0.411 e. The summed E-state index contributed by atoms with van der Waals surface area (Å²) in [7, 11) is -3.36. The second-order valence-electron chi connectivity index (χ2n) is 3.15. The lowest BCUT2D eigenvalue weighted by molar-refractivity contribution is 0.209. The molecule has 0 aliphatic carbocycles. The van der Waals surface area contributed by atoms with E-state index in [-0.39, 0.29) is 24.1 Å². The molecular weight excluding hydrogens is 250 g/mol. The maximum absolute atomic E-state index is 10.9. The van der Waals surface area contributed by atoms with Crippen molar-refractivity contribution in [1.82, 2.24) is 19.7 Å². The van der Waals surface area contributed by atoms with Crippen molar-refractivity contribution in [1.29, 1.82) is 0 Å². The average Bonchev–Trinajstić information content (AvgIpc) is 2.11. The van der Waals surface area contributed by atoms with E-state index in [0.717, 1.165) is 6.26 Å². The topological polar surface area (TPSA) is 134 Å². The molecule has 0 saturated carbocycles. The van der Waals surface area contributed by atoms with Crippen molar-refractivity contribution >= 4 is 22.1 Å². The minimum Gasteiger partial charge on any atom is -0.465 e. The van der Waals surface area contributed by atoms with E-state index in [0.29, 0.717) is 0 Å². The van der Waals surface area contributed by atoms with Crippen LogP contribution in [0.4, 0.5) is 10.7 Å². The molecule has 10 heteroatoms. The molecular formula is C7H11N5O4S. The Morgan fingerprint density at radius 3 is 2.53 bits per heavy atom. The highest BCUT2D eigenvalue weighted by Gasteiger charge is 2.08. The first-order valence-corrected chi connectivity index (χ1v) is 6.31. The van der Waals surface area contributed by atoms with Crippen LogP contribution in [0.1, 0.15) is 11.6 Å². The van der Waals surface area contributed by atoms with Crippen LogP contribution < -0.4 is 10.0 Å². The van der Waals surface area contributed by atoms with E-state index in [4.69, 9.17) is 5.11 Å². The van der Waals surface area contributed by atoms with Crippen molar-refractivity contribution in [2.75, 3.05) is 11.6 Å². The van der Waals surface area contributed by atoms with Gasteiger partial charge in [-0.1, -0.05) is 0 Å². The highest BCUT2D eigenvalue weighted by Crippen LogP contribution is 2.00. The molecule has 0 spiro atoms. The minimum absolute atomic E-state index is 0.128. The predicted octanol–water partition coefficient (Wildman–Crippen LogP) is -0.681. The van der Waals surface area contributed by atoms with Crippen molar-refractivity contribution in [3.8, 4) is 0 Å². The fourth-order valence-electron chi connectivity index (χ4n) is 0.964. The summed E-state index contributed by atoms with van der Waals surface area (Å²) in [5.74, 6) is 0.274. The van der Waals surface area contributed by atoms with E-state index in [1.807, 2.05) is 5.32 Å². The van der Waals surface area contributed by atoms with Crippen LogP contribution in [0, 0.1) is 6.92 Å². The molecule has 17 heavy (non-hydrogen) atoms. The van der Waals surface area contributed by atoms with Crippen LogP contribution in [0.2, 0.25) is 0 Å². The van der Waals surface area contributed by atoms with Gasteiger partial charge >= 0.3 is 6.09 Å². The Labute approximate surface area is 97.4 Å². The number of anilines is 1. The zero-order valence-corrected chi connectivity index (χ0v) is 9.95. The number of carboxylic acid groups (broad SMARTS) is 1. The number of nitrogens with one attached hydrogen (secondary N) is 2. The first kappa shape index (κ1) is 13.3. The summed E-state index contributed by atoms with van der Waals surface area (Å²) in [6, 6.07) is 0. The summed E-state index contributed by atoms with van der Waals surface area (Å²) in [6.45, 7) is 1.41. The number of aryl methyl sites for hydroxylation is 1. The largest absolute Gasteiger partial charge is 0.465 e. The number of aromatic nitrogens is 3. The highest BCUT2D eigenvalue weighted by atomic mass is 32.2. The van der Waals surface area contributed by atoms with E-state index in [1.54, 1.807) is 6.92 Å². The fraction of sp³-hybridized carbons (Fsp3) is 0.429. The van der Waals surface area contributed by atoms with E-state index in [2.05, 4.69) is 19.7 Å². The molecule has 1 aromatic heterocycles. The number of carbonyl (C=O) groups is 1. The molecule has 1 rings (SSSR count). The molecule has 9 nitrogen and oxygen atoms in total. The Hall–Kier alpha value is -1.81. The lowest BCUT2D eigenvalue weighted by Crippen LogP contribution is -2.23. The number of hydrogen-bond acceptors (Lipinski definition) is 6. The highest BCUT2D eigenvalue weighted by molar-refractivity contribution is 7.88. The molecule has 0 bridgehead atoms. The molecule has 0 unspecified atom stereocenters. The molecule has 0 fully saturated rings. The third-order valence-electron chi connectivity index (χ3n) is 1.50. The number of hydrogen-bond donors (Lipinski definition) is 3. The Bertz CT molecular complexity index is 529. The molecule has 1 amide bonds. The summed E-state index contributed by atoms with van der Waals surface area (Å²) in [4.78, 5) is 21.7. The summed E-state index contributed by atoms with van der Waals surface area (Å²) in [5.41, 5.74) is 0. The van der Waals surface area contributed by atoms with Crippen LogP contribution in [0.15, 0.2) is 0 Å². The van der Waals surface area contributed by atoms with Crippen LogP contribution in [-0.4, -0.2) is 40.8 Å². The van der Waals surface area contributed by atoms with Crippen molar-refractivity contribution in [3.05, 3.63) is 11.6 Å². The molecule has 0 saturated heterocycles. The van der Waals surface area contributed by atoms with Gasteiger partial charge in [0.1, 0.15) is 11.6 Å². The molecule has 94 valence electrons. The van der Waals surface area contributed by atoms with Crippen molar-refractivity contribution in [3.63, 3.8) is 0 Å². The van der Waals surface area contributed by atoms with Gasteiger partial charge in [0.05, 0.1) is 12.8 Å². The SMILES string of the molecule is Cc1nc(CNS(C)(=O)=O)nc(NC(=O)O)n1. The molecule has 3 N–H and O–H groups in total. The minimum atomic E-state index is -3.36.